The quantitative estimate of drug-likeness (QED) is 0.582. The lowest BCUT2D eigenvalue weighted by atomic mass is 10.3. The van der Waals surface area contributed by atoms with E-state index in [4.69, 9.17) is 5.11 Å². The van der Waals surface area contributed by atoms with Crippen molar-refractivity contribution in [2.45, 2.75) is 26.3 Å². The lowest BCUT2D eigenvalue weighted by Gasteiger charge is -2.22. The molecular formula is C9H22N2O. The van der Waals surface area contributed by atoms with Crippen LogP contribution in [0.1, 0.15) is 20.3 Å². The number of aliphatic hydroxyl groups excluding tert-OH is 1. The van der Waals surface area contributed by atoms with Gasteiger partial charge in [-0.25, -0.2) is 0 Å². The fourth-order valence-electron chi connectivity index (χ4n) is 1.32. The fourth-order valence-corrected chi connectivity index (χ4v) is 1.32. The molecule has 0 aliphatic rings. The molecule has 0 saturated heterocycles. The molecular weight excluding hydrogens is 152 g/mol. The number of likely N-dealkylation sites (N-methyl/N-ethyl adjacent to an activating group) is 2. The first-order valence-electron chi connectivity index (χ1n) is 4.77. The zero-order chi connectivity index (χ0) is 9.40. The van der Waals surface area contributed by atoms with Gasteiger partial charge in [-0.05, 0) is 26.6 Å². The summed E-state index contributed by atoms with van der Waals surface area (Å²) in [6.45, 7) is 7.40. The van der Waals surface area contributed by atoms with E-state index in [2.05, 4.69) is 31.1 Å². The zero-order valence-corrected chi connectivity index (χ0v) is 8.51. The highest BCUT2D eigenvalue weighted by Crippen LogP contribution is 1.90. The van der Waals surface area contributed by atoms with E-state index in [-0.39, 0.29) is 12.6 Å². The van der Waals surface area contributed by atoms with Crippen LogP contribution in [0.25, 0.3) is 0 Å². The van der Waals surface area contributed by atoms with Gasteiger partial charge >= 0.3 is 0 Å². The van der Waals surface area contributed by atoms with E-state index in [0.717, 1.165) is 19.6 Å². The molecule has 0 aliphatic heterocycles. The number of nitrogens with one attached hydrogen (secondary N) is 1. The molecule has 1 atom stereocenters. The molecule has 0 aromatic heterocycles. The van der Waals surface area contributed by atoms with Gasteiger partial charge in [0.1, 0.15) is 0 Å². The van der Waals surface area contributed by atoms with Crippen molar-refractivity contribution in [1.82, 2.24) is 10.2 Å². The molecule has 12 heavy (non-hydrogen) atoms. The lowest BCUT2D eigenvalue weighted by Crippen LogP contribution is -2.42. The van der Waals surface area contributed by atoms with Crippen LogP contribution < -0.4 is 5.32 Å². The maximum atomic E-state index is 8.99. The van der Waals surface area contributed by atoms with Crippen LogP contribution in [0, 0.1) is 0 Å². The van der Waals surface area contributed by atoms with E-state index in [1.54, 1.807) is 0 Å². The van der Waals surface area contributed by atoms with Crippen molar-refractivity contribution in [1.29, 1.82) is 0 Å². The van der Waals surface area contributed by atoms with Crippen molar-refractivity contribution in [3.63, 3.8) is 0 Å². The molecule has 0 heterocycles. The second kappa shape index (κ2) is 7.53. The predicted octanol–water partition coefficient (Wildman–Crippen LogP) is 0.299. The standard InChI is InChI=1S/C9H22N2O/c1-4-6-11(3)7-9(8-12)10-5-2/h9-10,12H,4-8H2,1-3H3. The molecule has 0 spiro atoms. The summed E-state index contributed by atoms with van der Waals surface area (Å²) >= 11 is 0. The molecule has 0 aliphatic carbocycles. The van der Waals surface area contributed by atoms with Gasteiger partial charge in [0.05, 0.1) is 6.61 Å². The summed E-state index contributed by atoms with van der Waals surface area (Å²) in [5.41, 5.74) is 0. The van der Waals surface area contributed by atoms with Crippen LogP contribution in [0.15, 0.2) is 0 Å². The predicted molar refractivity (Wildman–Crippen MR) is 52.3 cm³/mol. The highest BCUT2D eigenvalue weighted by Gasteiger charge is 2.07. The largest absolute Gasteiger partial charge is 0.395 e. The zero-order valence-electron chi connectivity index (χ0n) is 8.51. The van der Waals surface area contributed by atoms with E-state index < -0.39 is 0 Å². The molecule has 0 amide bonds. The van der Waals surface area contributed by atoms with Crippen molar-refractivity contribution < 1.29 is 5.11 Å². The van der Waals surface area contributed by atoms with Crippen LogP contribution in [0.3, 0.4) is 0 Å². The molecule has 0 rings (SSSR count). The molecule has 0 bridgehead atoms. The van der Waals surface area contributed by atoms with Crippen LogP contribution in [-0.4, -0.2) is 49.3 Å². The van der Waals surface area contributed by atoms with Gasteiger partial charge in [0.2, 0.25) is 0 Å². The molecule has 3 nitrogen and oxygen atoms in total. The van der Waals surface area contributed by atoms with E-state index in [1.807, 2.05) is 0 Å². The van der Waals surface area contributed by atoms with E-state index in [1.165, 1.54) is 6.42 Å². The normalized spacial score (nSPS) is 13.8. The Balaban J connectivity index is 3.53. The molecule has 0 aromatic rings. The molecule has 1 unspecified atom stereocenters. The molecule has 74 valence electrons. The van der Waals surface area contributed by atoms with Crippen LogP contribution >= 0.6 is 0 Å². The number of hydrogen-bond donors (Lipinski definition) is 2. The van der Waals surface area contributed by atoms with Crippen LogP contribution in [0.2, 0.25) is 0 Å². The fraction of sp³-hybridized carbons (Fsp3) is 1.00. The SMILES string of the molecule is CCCN(C)CC(CO)NCC. The van der Waals surface area contributed by atoms with Gasteiger partial charge in [0.25, 0.3) is 0 Å². The second-order valence-corrected chi connectivity index (χ2v) is 3.20. The van der Waals surface area contributed by atoms with E-state index in [0.29, 0.717) is 0 Å². The summed E-state index contributed by atoms with van der Waals surface area (Å²) in [5.74, 6) is 0. The van der Waals surface area contributed by atoms with Crippen molar-refractivity contribution in [3.05, 3.63) is 0 Å². The minimum atomic E-state index is 0.224. The van der Waals surface area contributed by atoms with Gasteiger partial charge in [-0.1, -0.05) is 13.8 Å². The van der Waals surface area contributed by atoms with Gasteiger partial charge in [0.15, 0.2) is 0 Å². The summed E-state index contributed by atoms with van der Waals surface area (Å²) in [5, 5.41) is 12.2. The summed E-state index contributed by atoms with van der Waals surface area (Å²) in [6.07, 6.45) is 1.17. The van der Waals surface area contributed by atoms with Crippen molar-refractivity contribution in [3.8, 4) is 0 Å². The number of hydrogen-bond acceptors (Lipinski definition) is 3. The van der Waals surface area contributed by atoms with Crippen molar-refractivity contribution in [2.75, 3.05) is 33.3 Å². The molecule has 3 heteroatoms. The third kappa shape index (κ3) is 5.52. The van der Waals surface area contributed by atoms with Crippen LogP contribution in [-0.2, 0) is 0 Å². The highest BCUT2D eigenvalue weighted by atomic mass is 16.3. The molecule has 0 fully saturated rings. The van der Waals surface area contributed by atoms with Gasteiger partial charge in [-0.3, -0.25) is 0 Å². The Morgan fingerprint density at radius 3 is 2.50 bits per heavy atom. The first kappa shape index (κ1) is 11.9. The van der Waals surface area contributed by atoms with Crippen molar-refractivity contribution in [2.24, 2.45) is 0 Å². The average molecular weight is 174 g/mol. The van der Waals surface area contributed by atoms with Gasteiger partial charge in [0, 0.05) is 12.6 Å². The van der Waals surface area contributed by atoms with Crippen molar-refractivity contribution >= 4 is 0 Å². The summed E-state index contributed by atoms with van der Waals surface area (Å²) < 4.78 is 0. The first-order chi connectivity index (χ1) is 5.74. The van der Waals surface area contributed by atoms with E-state index >= 15 is 0 Å². The highest BCUT2D eigenvalue weighted by molar-refractivity contribution is 4.68. The Labute approximate surface area is 75.8 Å². The maximum absolute atomic E-state index is 8.99. The topological polar surface area (TPSA) is 35.5 Å². The van der Waals surface area contributed by atoms with Crippen LogP contribution in [0.4, 0.5) is 0 Å². The Hall–Kier alpha value is -0.120. The summed E-state index contributed by atoms with van der Waals surface area (Å²) in [7, 11) is 2.09. The third-order valence-electron chi connectivity index (χ3n) is 1.85. The first-order valence-corrected chi connectivity index (χ1v) is 4.77. The van der Waals surface area contributed by atoms with Gasteiger partial charge in [-0.2, -0.15) is 0 Å². The third-order valence-corrected chi connectivity index (χ3v) is 1.85. The van der Waals surface area contributed by atoms with Gasteiger partial charge in [-0.15, -0.1) is 0 Å². The molecule has 2 N–H and O–H groups in total. The average Bonchev–Trinajstić information content (AvgIpc) is 2.04. The van der Waals surface area contributed by atoms with Crippen LogP contribution in [0.5, 0.6) is 0 Å². The monoisotopic (exact) mass is 174 g/mol. The smallest absolute Gasteiger partial charge is 0.0597 e. The molecule has 0 radical (unpaired) electrons. The van der Waals surface area contributed by atoms with E-state index in [9.17, 15) is 0 Å². The Morgan fingerprint density at radius 1 is 1.42 bits per heavy atom. The summed E-state index contributed by atoms with van der Waals surface area (Å²) in [4.78, 5) is 2.24. The number of nitrogens with zero attached hydrogens (tertiary/aromatic N) is 1. The summed E-state index contributed by atoms with van der Waals surface area (Å²) in [6, 6.07) is 0.228. The maximum Gasteiger partial charge on any atom is 0.0597 e. The Kier molecular flexibility index (Phi) is 7.45. The van der Waals surface area contributed by atoms with Gasteiger partial charge < -0.3 is 15.3 Å². The molecule has 0 aromatic carbocycles. The molecule has 0 saturated carbocycles. The lowest BCUT2D eigenvalue weighted by molar-refractivity contribution is 0.200. The Morgan fingerprint density at radius 2 is 2.08 bits per heavy atom. The number of rotatable bonds is 7. The minimum absolute atomic E-state index is 0.224. The second-order valence-electron chi connectivity index (χ2n) is 3.20. The minimum Gasteiger partial charge on any atom is -0.395 e. The Bertz CT molecular complexity index is 98.5. The number of aliphatic hydroxyl groups is 1.